The first-order valence-corrected chi connectivity index (χ1v) is 6.17. The summed E-state index contributed by atoms with van der Waals surface area (Å²) in [4.78, 5) is 22.1. The number of carbonyl (C=O) groups is 1. The van der Waals surface area contributed by atoms with Crippen molar-refractivity contribution in [2.24, 2.45) is 11.7 Å². The fourth-order valence-electron chi connectivity index (χ4n) is 1.77. The summed E-state index contributed by atoms with van der Waals surface area (Å²) in [5.41, 5.74) is 6.20. The Morgan fingerprint density at radius 2 is 2.05 bits per heavy atom. The van der Waals surface area contributed by atoms with Crippen molar-refractivity contribution in [2.75, 3.05) is 0 Å². The Kier molecular flexibility index (Phi) is 5.44. The van der Waals surface area contributed by atoms with Gasteiger partial charge in [-0.05, 0) is 12.3 Å². The molecule has 1 aromatic rings. The zero-order valence-corrected chi connectivity index (χ0v) is 11.1. The van der Waals surface area contributed by atoms with Gasteiger partial charge in [0.05, 0.1) is 11.0 Å². The van der Waals surface area contributed by atoms with E-state index in [1.165, 1.54) is 6.07 Å². The van der Waals surface area contributed by atoms with Gasteiger partial charge in [0, 0.05) is 18.2 Å². The van der Waals surface area contributed by atoms with Crippen LogP contribution in [0.5, 0.6) is 0 Å². The summed E-state index contributed by atoms with van der Waals surface area (Å²) in [5.74, 6) is 0.0404. The van der Waals surface area contributed by atoms with Gasteiger partial charge in [0.1, 0.15) is 0 Å². The Balaban J connectivity index is 2.62. The number of nitrogens with two attached hydrogens (primary N) is 1. The predicted octanol–water partition coefficient (Wildman–Crippen LogP) is 1.58. The second-order valence-corrected chi connectivity index (χ2v) is 4.84. The number of rotatable bonds is 6. The van der Waals surface area contributed by atoms with Gasteiger partial charge in [0.25, 0.3) is 5.69 Å². The van der Waals surface area contributed by atoms with Crippen molar-refractivity contribution in [1.29, 1.82) is 0 Å². The molecule has 0 unspecified atom stereocenters. The Labute approximate surface area is 112 Å². The van der Waals surface area contributed by atoms with Crippen LogP contribution in [0.2, 0.25) is 0 Å². The average Bonchev–Trinajstić information content (AvgIpc) is 2.35. The summed E-state index contributed by atoms with van der Waals surface area (Å²) < 4.78 is 0. The van der Waals surface area contributed by atoms with Crippen molar-refractivity contribution in [3.63, 3.8) is 0 Å². The van der Waals surface area contributed by atoms with Crippen molar-refractivity contribution in [3.8, 4) is 0 Å². The smallest absolute Gasteiger partial charge is 0.274 e. The topological polar surface area (TPSA) is 98.3 Å². The van der Waals surface area contributed by atoms with Gasteiger partial charge in [-0.1, -0.05) is 32.0 Å². The van der Waals surface area contributed by atoms with Crippen molar-refractivity contribution in [1.82, 2.24) is 5.32 Å². The maximum absolute atomic E-state index is 11.7. The lowest BCUT2D eigenvalue weighted by molar-refractivity contribution is -0.385. The number of nitro groups is 1. The Bertz CT molecular complexity index is 460. The van der Waals surface area contributed by atoms with E-state index < -0.39 is 11.0 Å². The third-order valence-electron chi connectivity index (χ3n) is 2.70. The van der Waals surface area contributed by atoms with Gasteiger partial charge in [-0.15, -0.1) is 0 Å². The van der Waals surface area contributed by atoms with E-state index in [1.807, 2.05) is 13.8 Å². The summed E-state index contributed by atoms with van der Waals surface area (Å²) in [6.45, 7) is 4.08. The van der Waals surface area contributed by atoms with Gasteiger partial charge in [-0.2, -0.15) is 0 Å². The first kappa shape index (κ1) is 15.1. The number of nitro benzene ring substituents is 1. The molecule has 0 aliphatic heterocycles. The van der Waals surface area contributed by atoms with Crippen molar-refractivity contribution in [2.45, 2.75) is 32.9 Å². The number of hydrogen-bond acceptors (Lipinski definition) is 4. The molecule has 6 heteroatoms. The van der Waals surface area contributed by atoms with Crippen LogP contribution in [0.4, 0.5) is 5.69 Å². The second-order valence-electron chi connectivity index (χ2n) is 4.84. The van der Waals surface area contributed by atoms with E-state index in [4.69, 9.17) is 5.73 Å². The van der Waals surface area contributed by atoms with Gasteiger partial charge in [0.2, 0.25) is 5.91 Å². The molecule has 6 nitrogen and oxygen atoms in total. The van der Waals surface area contributed by atoms with E-state index in [-0.39, 0.29) is 18.1 Å². The number of nitrogens with zero attached hydrogens (tertiary/aromatic N) is 1. The molecular formula is C13H19N3O3. The number of amides is 1. The molecule has 0 saturated carbocycles. The van der Waals surface area contributed by atoms with E-state index in [9.17, 15) is 14.9 Å². The Morgan fingerprint density at radius 3 is 2.63 bits per heavy atom. The maximum atomic E-state index is 11.7. The molecule has 0 aliphatic rings. The zero-order valence-electron chi connectivity index (χ0n) is 11.1. The second kappa shape index (κ2) is 6.84. The maximum Gasteiger partial charge on any atom is 0.274 e. The molecule has 3 N–H and O–H groups in total. The van der Waals surface area contributed by atoms with E-state index in [1.54, 1.807) is 18.2 Å². The minimum Gasteiger partial charge on any atom is -0.350 e. The van der Waals surface area contributed by atoms with Crippen LogP contribution in [0.25, 0.3) is 0 Å². The summed E-state index contributed by atoms with van der Waals surface area (Å²) in [6, 6.07) is 5.74. The number of hydrogen-bond donors (Lipinski definition) is 2. The standard InChI is InChI=1S/C13H19N3O3/c1-9(2)7-11(14)13(17)15-8-10-5-3-4-6-12(10)16(18)19/h3-6,9,11H,7-8,14H2,1-2H3,(H,15,17)/t11-/m0/s1. The van der Waals surface area contributed by atoms with Gasteiger partial charge < -0.3 is 11.1 Å². The van der Waals surface area contributed by atoms with Crippen LogP contribution in [0, 0.1) is 16.0 Å². The predicted molar refractivity (Wildman–Crippen MR) is 72.4 cm³/mol. The fourth-order valence-corrected chi connectivity index (χ4v) is 1.77. The van der Waals surface area contributed by atoms with Gasteiger partial charge in [-0.3, -0.25) is 14.9 Å². The summed E-state index contributed by atoms with van der Waals surface area (Å²) in [5, 5.41) is 13.4. The molecule has 0 radical (unpaired) electrons. The minimum absolute atomic E-state index is 0.000214. The van der Waals surface area contributed by atoms with E-state index in [0.29, 0.717) is 17.9 Å². The number of para-hydroxylation sites is 1. The first-order chi connectivity index (χ1) is 8.91. The lowest BCUT2D eigenvalue weighted by atomic mass is 10.0. The third-order valence-corrected chi connectivity index (χ3v) is 2.70. The highest BCUT2D eigenvalue weighted by Gasteiger charge is 2.17. The SMILES string of the molecule is CC(C)C[C@H](N)C(=O)NCc1ccccc1[N+](=O)[O-]. The highest BCUT2D eigenvalue weighted by Crippen LogP contribution is 2.17. The first-order valence-electron chi connectivity index (χ1n) is 6.17. The highest BCUT2D eigenvalue weighted by molar-refractivity contribution is 5.81. The molecule has 0 spiro atoms. The molecule has 0 saturated heterocycles. The number of carbonyl (C=O) groups excluding carboxylic acids is 1. The Morgan fingerprint density at radius 1 is 1.42 bits per heavy atom. The summed E-state index contributed by atoms with van der Waals surface area (Å²) in [7, 11) is 0. The third kappa shape index (κ3) is 4.67. The molecule has 1 atom stereocenters. The molecule has 0 aromatic heterocycles. The molecule has 1 aromatic carbocycles. The van der Waals surface area contributed by atoms with Crippen molar-refractivity contribution in [3.05, 3.63) is 39.9 Å². The van der Waals surface area contributed by atoms with Crippen LogP contribution < -0.4 is 11.1 Å². The largest absolute Gasteiger partial charge is 0.350 e. The highest BCUT2D eigenvalue weighted by atomic mass is 16.6. The summed E-state index contributed by atoms with van der Waals surface area (Å²) in [6.07, 6.45) is 0.586. The molecule has 104 valence electrons. The normalized spacial score (nSPS) is 12.2. The lowest BCUT2D eigenvalue weighted by Gasteiger charge is -2.14. The van der Waals surface area contributed by atoms with Crippen LogP contribution in [-0.2, 0) is 11.3 Å². The van der Waals surface area contributed by atoms with Crippen LogP contribution in [0.15, 0.2) is 24.3 Å². The number of nitrogens with one attached hydrogen (secondary N) is 1. The lowest BCUT2D eigenvalue weighted by Crippen LogP contribution is -2.41. The molecule has 1 amide bonds. The van der Waals surface area contributed by atoms with E-state index in [0.717, 1.165) is 0 Å². The summed E-state index contributed by atoms with van der Waals surface area (Å²) >= 11 is 0. The van der Waals surface area contributed by atoms with Crippen LogP contribution in [0.1, 0.15) is 25.8 Å². The van der Waals surface area contributed by atoms with Gasteiger partial charge in [-0.25, -0.2) is 0 Å². The molecule has 0 heterocycles. The van der Waals surface area contributed by atoms with Crippen molar-refractivity contribution >= 4 is 11.6 Å². The van der Waals surface area contributed by atoms with Crippen LogP contribution >= 0.6 is 0 Å². The quantitative estimate of drug-likeness (QED) is 0.602. The molecule has 0 fully saturated rings. The van der Waals surface area contributed by atoms with E-state index in [2.05, 4.69) is 5.32 Å². The average molecular weight is 265 g/mol. The minimum atomic E-state index is -0.581. The fraction of sp³-hybridized carbons (Fsp3) is 0.462. The molecule has 0 aliphatic carbocycles. The van der Waals surface area contributed by atoms with E-state index >= 15 is 0 Å². The number of benzene rings is 1. The molecular weight excluding hydrogens is 246 g/mol. The van der Waals surface area contributed by atoms with Crippen LogP contribution in [0.3, 0.4) is 0 Å². The monoisotopic (exact) mass is 265 g/mol. The molecule has 1 rings (SSSR count). The molecule has 19 heavy (non-hydrogen) atoms. The van der Waals surface area contributed by atoms with Crippen molar-refractivity contribution < 1.29 is 9.72 Å². The van der Waals surface area contributed by atoms with Crippen LogP contribution in [-0.4, -0.2) is 16.9 Å². The van der Waals surface area contributed by atoms with Gasteiger partial charge >= 0.3 is 0 Å². The molecule has 0 bridgehead atoms. The van der Waals surface area contributed by atoms with Gasteiger partial charge in [0.15, 0.2) is 0 Å². The zero-order chi connectivity index (χ0) is 14.4. The Hall–Kier alpha value is -1.95.